The highest BCUT2D eigenvalue weighted by molar-refractivity contribution is 6.30. The molecule has 0 aromatic heterocycles. The van der Waals surface area contributed by atoms with Gasteiger partial charge in [0.05, 0.1) is 12.0 Å². The quantitative estimate of drug-likeness (QED) is 0.542. The van der Waals surface area contributed by atoms with Crippen molar-refractivity contribution in [1.29, 1.82) is 0 Å². The lowest BCUT2D eigenvalue weighted by molar-refractivity contribution is -0.398. The predicted octanol–water partition coefficient (Wildman–Crippen LogP) is -1.19. The van der Waals surface area contributed by atoms with Crippen LogP contribution in [-0.4, -0.2) is 36.4 Å². The zero-order chi connectivity index (χ0) is 18.3. The summed E-state index contributed by atoms with van der Waals surface area (Å²) in [6.45, 7) is 3.23. The maximum atomic E-state index is 12.0. The van der Waals surface area contributed by atoms with Crippen LogP contribution < -0.4 is 21.5 Å². The molecular weight excluding hydrogens is 334 g/mol. The van der Waals surface area contributed by atoms with E-state index in [1.165, 1.54) is 6.92 Å². The molecule has 8 heteroatoms. The Hall–Kier alpha value is -2.12. The smallest absolute Gasteiger partial charge is 0.277 e. The molecule has 2 amide bonds. The molecular formula is C16H22ClN3O4. The van der Waals surface area contributed by atoms with Gasteiger partial charge >= 0.3 is 0 Å². The second-order valence-corrected chi connectivity index (χ2v) is 6.14. The minimum absolute atomic E-state index is 0.0189. The number of amides is 2. The number of rotatable bonds is 8. The lowest BCUT2D eigenvalue weighted by atomic mass is 9.95. The van der Waals surface area contributed by atoms with E-state index in [0.29, 0.717) is 5.02 Å². The summed E-state index contributed by atoms with van der Waals surface area (Å²) in [7, 11) is 0. The Morgan fingerprint density at radius 2 is 1.79 bits per heavy atom. The average molecular weight is 356 g/mol. The van der Waals surface area contributed by atoms with Gasteiger partial charge in [-0.15, -0.1) is 0 Å². The Morgan fingerprint density at radius 1 is 1.21 bits per heavy atom. The molecule has 0 saturated carbocycles. The van der Waals surface area contributed by atoms with Crippen molar-refractivity contribution in [2.24, 2.45) is 0 Å². The third kappa shape index (κ3) is 6.55. The summed E-state index contributed by atoms with van der Waals surface area (Å²) >= 11 is 5.87. The van der Waals surface area contributed by atoms with Crippen LogP contribution in [-0.2, 0) is 14.4 Å². The summed E-state index contributed by atoms with van der Waals surface area (Å²) in [5, 5.41) is 16.4. The molecule has 0 fully saturated rings. The number of carbonyl (C=O) groups excluding carboxylic acids is 3. The van der Waals surface area contributed by atoms with Crippen molar-refractivity contribution in [2.45, 2.75) is 38.3 Å². The van der Waals surface area contributed by atoms with Gasteiger partial charge in [-0.25, -0.2) is 0 Å². The molecule has 0 saturated heterocycles. The molecule has 7 nitrogen and oxygen atoms in total. The lowest BCUT2D eigenvalue weighted by Gasteiger charge is -2.20. The SMILES string of the molecule is C[C@H]([NH3+])C(=O)NC[C@H](CC(=O)N[C@@H](C)C(=O)[O-])c1ccc(Cl)cc1. The molecule has 3 atom stereocenters. The highest BCUT2D eigenvalue weighted by atomic mass is 35.5. The van der Waals surface area contributed by atoms with Gasteiger partial charge in [0.25, 0.3) is 5.91 Å². The van der Waals surface area contributed by atoms with Crippen LogP contribution in [0.15, 0.2) is 24.3 Å². The van der Waals surface area contributed by atoms with Gasteiger partial charge in [0.2, 0.25) is 5.91 Å². The summed E-state index contributed by atoms with van der Waals surface area (Å²) in [6, 6.07) is 5.42. The molecule has 0 heterocycles. The molecule has 1 aromatic carbocycles. The summed E-state index contributed by atoms with van der Waals surface area (Å²) in [6.07, 6.45) is 0.0189. The standard InChI is InChI=1S/C16H22ClN3O4/c1-9(18)15(22)19-8-12(11-3-5-13(17)6-4-11)7-14(21)20-10(2)16(23)24/h3-6,9-10,12H,7-8,18H2,1-2H3,(H,19,22)(H,20,21)(H,23,24)/t9-,10-,12-/m0/s1. The van der Waals surface area contributed by atoms with Gasteiger partial charge in [-0.2, -0.15) is 0 Å². The normalized spacial score (nSPS) is 14.3. The molecule has 0 aliphatic heterocycles. The highest BCUT2D eigenvalue weighted by Gasteiger charge is 2.20. The Morgan fingerprint density at radius 3 is 2.29 bits per heavy atom. The van der Waals surface area contributed by atoms with E-state index in [9.17, 15) is 19.5 Å². The van der Waals surface area contributed by atoms with Crippen molar-refractivity contribution in [2.75, 3.05) is 6.54 Å². The van der Waals surface area contributed by atoms with Crippen LogP contribution in [0.5, 0.6) is 0 Å². The Kier molecular flexibility index (Phi) is 7.67. The Labute approximate surface area is 145 Å². The van der Waals surface area contributed by atoms with Crippen molar-refractivity contribution in [1.82, 2.24) is 10.6 Å². The first-order valence-corrected chi connectivity index (χ1v) is 7.95. The predicted molar refractivity (Wildman–Crippen MR) is 86.8 cm³/mol. The van der Waals surface area contributed by atoms with E-state index in [1.54, 1.807) is 31.2 Å². The second kappa shape index (κ2) is 9.24. The first kappa shape index (κ1) is 19.9. The van der Waals surface area contributed by atoms with Crippen molar-refractivity contribution in [3.8, 4) is 0 Å². The molecule has 5 N–H and O–H groups in total. The first-order chi connectivity index (χ1) is 11.2. The second-order valence-electron chi connectivity index (χ2n) is 5.71. The lowest BCUT2D eigenvalue weighted by Crippen LogP contribution is -2.66. The minimum atomic E-state index is -1.36. The van der Waals surface area contributed by atoms with Gasteiger partial charge in [-0.1, -0.05) is 23.7 Å². The third-order valence-electron chi connectivity index (χ3n) is 3.47. The van der Waals surface area contributed by atoms with E-state index in [-0.39, 0.29) is 24.8 Å². The number of aliphatic carboxylic acids is 1. The van der Waals surface area contributed by atoms with Crippen LogP contribution in [0.3, 0.4) is 0 Å². The topological polar surface area (TPSA) is 126 Å². The van der Waals surface area contributed by atoms with Crippen molar-refractivity contribution in [3.05, 3.63) is 34.9 Å². The Bertz CT molecular complexity index is 589. The van der Waals surface area contributed by atoms with E-state index < -0.39 is 24.0 Å². The molecule has 0 bridgehead atoms. The number of carboxylic acid groups (broad SMARTS) is 1. The van der Waals surface area contributed by atoms with E-state index in [4.69, 9.17) is 11.6 Å². The first-order valence-electron chi connectivity index (χ1n) is 7.57. The van der Waals surface area contributed by atoms with E-state index >= 15 is 0 Å². The fraction of sp³-hybridized carbons (Fsp3) is 0.438. The largest absolute Gasteiger partial charge is 0.548 e. The highest BCUT2D eigenvalue weighted by Crippen LogP contribution is 2.21. The molecule has 0 radical (unpaired) electrons. The van der Waals surface area contributed by atoms with Gasteiger partial charge < -0.3 is 26.3 Å². The molecule has 0 unspecified atom stereocenters. The van der Waals surface area contributed by atoms with Gasteiger partial charge in [-0.05, 0) is 31.5 Å². The molecule has 1 rings (SSSR count). The average Bonchev–Trinajstić information content (AvgIpc) is 2.51. The molecule has 0 spiro atoms. The van der Waals surface area contributed by atoms with E-state index in [1.807, 2.05) is 0 Å². The van der Waals surface area contributed by atoms with Gasteiger partial charge in [-0.3, -0.25) is 9.59 Å². The van der Waals surface area contributed by atoms with Crippen LogP contribution in [0.4, 0.5) is 0 Å². The molecule has 24 heavy (non-hydrogen) atoms. The molecule has 1 aromatic rings. The summed E-state index contributed by atoms with van der Waals surface area (Å²) in [5.41, 5.74) is 4.45. The summed E-state index contributed by atoms with van der Waals surface area (Å²) in [4.78, 5) is 34.5. The number of carbonyl (C=O) groups is 3. The fourth-order valence-electron chi connectivity index (χ4n) is 2.02. The van der Waals surface area contributed by atoms with Crippen LogP contribution in [0.2, 0.25) is 5.02 Å². The number of hydrogen-bond donors (Lipinski definition) is 3. The zero-order valence-electron chi connectivity index (χ0n) is 13.7. The number of quaternary nitrogens is 1. The van der Waals surface area contributed by atoms with Gasteiger partial charge in [0.1, 0.15) is 0 Å². The van der Waals surface area contributed by atoms with E-state index in [2.05, 4.69) is 16.4 Å². The number of nitrogens with one attached hydrogen (secondary N) is 2. The number of halogens is 1. The molecule has 0 aliphatic rings. The third-order valence-corrected chi connectivity index (χ3v) is 3.73. The van der Waals surface area contributed by atoms with Crippen molar-refractivity contribution >= 4 is 29.4 Å². The number of hydrogen-bond acceptors (Lipinski definition) is 4. The fourth-order valence-corrected chi connectivity index (χ4v) is 2.15. The molecule has 132 valence electrons. The maximum absolute atomic E-state index is 12.0. The summed E-state index contributed by atoms with van der Waals surface area (Å²) < 4.78 is 0. The zero-order valence-corrected chi connectivity index (χ0v) is 14.4. The van der Waals surface area contributed by atoms with Crippen LogP contribution in [0.1, 0.15) is 31.7 Å². The van der Waals surface area contributed by atoms with Gasteiger partial charge in [0.15, 0.2) is 6.04 Å². The summed E-state index contributed by atoms with van der Waals surface area (Å²) in [5.74, 6) is -2.34. The maximum Gasteiger partial charge on any atom is 0.277 e. The van der Waals surface area contributed by atoms with Crippen LogP contribution in [0.25, 0.3) is 0 Å². The van der Waals surface area contributed by atoms with Crippen LogP contribution >= 0.6 is 11.6 Å². The van der Waals surface area contributed by atoms with E-state index in [0.717, 1.165) is 5.56 Å². The monoisotopic (exact) mass is 355 g/mol. The number of benzene rings is 1. The minimum Gasteiger partial charge on any atom is -0.548 e. The van der Waals surface area contributed by atoms with Gasteiger partial charge in [0, 0.05) is 23.9 Å². The van der Waals surface area contributed by atoms with Crippen molar-refractivity contribution < 1.29 is 25.2 Å². The Balaban J connectivity index is 2.80. The molecule has 0 aliphatic carbocycles. The van der Waals surface area contributed by atoms with Crippen LogP contribution in [0, 0.1) is 0 Å². The number of carboxylic acids is 1. The van der Waals surface area contributed by atoms with Crippen molar-refractivity contribution in [3.63, 3.8) is 0 Å².